The summed E-state index contributed by atoms with van der Waals surface area (Å²) in [6.45, 7) is 0.0271. The average Bonchev–Trinajstić information content (AvgIpc) is 2.55. The van der Waals surface area contributed by atoms with E-state index in [-0.39, 0.29) is 24.6 Å². The molecule has 24 heavy (non-hydrogen) atoms. The summed E-state index contributed by atoms with van der Waals surface area (Å²) in [5, 5.41) is 3.37. The van der Waals surface area contributed by atoms with Gasteiger partial charge in [-0.05, 0) is 29.8 Å². The van der Waals surface area contributed by atoms with E-state index in [1.165, 1.54) is 23.1 Å². The third kappa shape index (κ3) is 4.69. The van der Waals surface area contributed by atoms with Crippen molar-refractivity contribution in [2.45, 2.75) is 6.54 Å². The number of hydrogen-bond donors (Lipinski definition) is 1. The van der Waals surface area contributed by atoms with Gasteiger partial charge in [0.05, 0.1) is 12.1 Å². The van der Waals surface area contributed by atoms with Crippen molar-refractivity contribution in [2.24, 2.45) is 0 Å². The van der Waals surface area contributed by atoms with E-state index in [0.717, 1.165) is 5.56 Å². The highest BCUT2D eigenvalue weighted by Gasteiger charge is 2.15. The van der Waals surface area contributed by atoms with Crippen LogP contribution in [0.4, 0.5) is 4.39 Å². The normalized spacial score (nSPS) is 10.3. The lowest BCUT2D eigenvalue weighted by molar-refractivity contribution is -0.129. The minimum absolute atomic E-state index is 0.103. The lowest BCUT2D eigenvalue weighted by Crippen LogP contribution is -2.38. The van der Waals surface area contributed by atoms with Crippen LogP contribution in [-0.2, 0) is 11.3 Å². The van der Waals surface area contributed by atoms with Gasteiger partial charge in [-0.3, -0.25) is 9.59 Å². The molecule has 0 aliphatic rings. The first-order valence-corrected chi connectivity index (χ1v) is 7.84. The SMILES string of the molecule is CN(Cc1ccc(Cl)cc1Cl)C(=O)CNC(=O)c1ccccc1F. The molecule has 0 atom stereocenters. The highest BCUT2D eigenvalue weighted by molar-refractivity contribution is 6.35. The van der Waals surface area contributed by atoms with Gasteiger partial charge in [0.15, 0.2) is 0 Å². The Morgan fingerprint density at radius 2 is 1.88 bits per heavy atom. The Balaban J connectivity index is 1.92. The highest BCUT2D eigenvalue weighted by Crippen LogP contribution is 2.21. The summed E-state index contributed by atoms with van der Waals surface area (Å²) in [5.74, 6) is -1.60. The molecule has 0 saturated carbocycles. The Labute approximate surface area is 149 Å². The number of likely N-dealkylation sites (N-methyl/N-ethyl adjacent to an activating group) is 1. The summed E-state index contributed by atoms with van der Waals surface area (Å²) >= 11 is 11.9. The third-order valence-corrected chi connectivity index (χ3v) is 3.95. The molecule has 1 N–H and O–H groups in total. The number of carbonyl (C=O) groups excluding carboxylic acids is 2. The maximum atomic E-state index is 13.5. The summed E-state index contributed by atoms with van der Waals surface area (Å²) in [4.78, 5) is 25.4. The molecule has 0 heterocycles. The molecular formula is C17H15Cl2FN2O2. The monoisotopic (exact) mass is 368 g/mol. The van der Waals surface area contributed by atoms with Gasteiger partial charge in [-0.25, -0.2) is 4.39 Å². The van der Waals surface area contributed by atoms with Crippen LogP contribution in [-0.4, -0.2) is 30.3 Å². The second-order valence-corrected chi connectivity index (χ2v) is 5.99. The minimum atomic E-state index is -0.639. The molecule has 0 saturated heterocycles. The maximum absolute atomic E-state index is 13.5. The van der Waals surface area contributed by atoms with Crippen molar-refractivity contribution in [1.29, 1.82) is 0 Å². The van der Waals surface area contributed by atoms with E-state index in [4.69, 9.17) is 23.2 Å². The quantitative estimate of drug-likeness (QED) is 0.877. The molecule has 0 spiro atoms. The zero-order valence-corrected chi connectivity index (χ0v) is 14.4. The smallest absolute Gasteiger partial charge is 0.254 e. The van der Waals surface area contributed by atoms with Gasteiger partial charge in [-0.2, -0.15) is 0 Å². The van der Waals surface area contributed by atoms with Gasteiger partial charge in [-0.1, -0.05) is 41.4 Å². The van der Waals surface area contributed by atoms with Gasteiger partial charge in [-0.15, -0.1) is 0 Å². The predicted octanol–water partition coefficient (Wildman–Crippen LogP) is 3.52. The number of hydrogen-bond acceptors (Lipinski definition) is 2. The highest BCUT2D eigenvalue weighted by atomic mass is 35.5. The van der Waals surface area contributed by atoms with Crippen LogP contribution in [0.15, 0.2) is 42.5 Å². The van der Waals surface area contributed by atoms with Crippen molar-refractivity contribution in [3.05, 3.63) is 69.5 Å². The molecule has 2 aromatic rings. The lowest BCUT2D eigenvalue weighted by Gasteiger charge is -2.18. The zero-order chi connectivity index (χ0) is 17.7. The zero-order valence-electron chi connectivity index (χ0n) is 12.9. The Hall–Kier alpha value is -2.11. The molecule has 126 valence electrons. The van der Waals surface area contributed by atoms with E-state index >= 15 is 0 Å². The number of benzene rings is 2. The van der Waals surface area contributed by atoms with E-state index < -0.39 is 11.7 Å². The van der Waals surface area contributed by atoms with E-state index in [9.17, 15) is 14.0 Å². The van der Waals surface area contributed by atoms with Crippen LogP contribution < -0.4 is 5.32 Å². The average molecular weight is 369 g/mol. The number of amides is 2. The molecular weight excluding hydrogens is 354 g/mol. The molecule has 2 aromatic carbocycles. The van der Waals surface area contributed by atoms with Crippen molar-refractivity contribution >= 4 is 35.0 Å². The molecule has 2 amide bonds. The van der Waals surface area contributed by atoms with Crippen LogP contribution in [0, 0.1) is 5.82 Å². The number of carbonyl (C=O) groups is 2. The van der Waals surface area contributed by atoms with Crippen LogP contribution in [0.1, 0.15) is 15.9 Å². The molecule has 0 radical (unpaired) electrons. The van der Waals surface area contributed by atoms with Gasteiger partial charge in [0, 0.05) is 23.6 Å². The summed E-state index contributed by atoms with van der Waals surface area (Å²) in [6.07, 6.45) is 0. The Morgan fingerprint density at radius 1 is 1.17 bits per heavy atom. The second-order valence-electron chi connectivity index (χ2n) is 5.15. The Bertz CT molecular complexity index is 768. The topological polar surface area (TPSA) is 49.4 Å². The van der Waals surface area contributed by atoms with Crippen molar-refractivity contribution < 1.29 is 14.0 Å². The van der Waals surface area contributed by atoms with Crippen LogP contribution >= 0.6 is 23.2 Å². The largest absolute Gasteiger partial charge is 0.343 e. The fraction of sp³-hybridized carbons (Fsp3) is 0.176. The molecule has 4 nitrogen and oxygen atoms in total. The van der Waals surface area contributed by atoms with Crippen LogP contribution in [0.25, 0.3) is 0 Å². The number of rotatable bonds is 5. The summed E-state index contributed by atoms with van der Waals surface area (Å²) in [5.41, 5.74) is 0.631. The van der Waals surface area contributed by atoms with Gasteiger partial charge >= 0.3 is 0 Å². The van der Waals surface area contributed by atoms with Crippen LogP contribution in [0.5, 0.6) is 0 Å². The van der Waals surface area contributed by atoms with Crippen molar-refractivity contribution in [1.82, 2.24) is 10.2 Å². The number of nitrogens with zero attached hydrogens (tertiary/aromatic N) is 1. The van der Waals surface area contributed by atoms with Crippen LogP contribution in [0.3, 0.4) is 0 Å². The fourth-order valence-electron chi connectivity index (χ4n) is 2.03. The van der Waals surface area contributed by atoms with Crippen molar-refractivity contribution in [3.63, 3.8) is 0 Å². The van der Waals surface area contributed by atoms with E-state index in [1.807, 2.05) is 0 Å². The summed E-state index contributed by atoms with van der Waals surface area (Å²) in [6, 6.07) is 10.6. The van der Waals surface area contributed by atoms with Gasteiger partial charge < -0.3 is 10.2 Å². The maximum Gasteiger partial charge on any atom is 0.254 e. The number of halogens is 3. The molecule has 0 unspecified atom stereocenters. The fourth-order valence-corrected chi connectivity index (χ4v) is 2.49. The van der Waals surface area contributed by atoms with E-state index in [1.54, 1.807) is 31.3 Å². The lowest BCUT2D eigenvalue weighted by atomic mass is 10.2. The third-order valence-electron chi connectivity index (χ3n) is 3.37. The number of nitrogens with one attached hydrogen (secondary N) is 1. The molecule has 0 aromatic heterocycles. The second kappa shape index (κ2) is 8.13. The predicted molar refractivity (Wildman–Crippen MR) is 91.7 cm³/mol. The van der Waals surface area contributed by atoms with Gasteiger partial charge in [0.1, 0.15) is 5.82 Å². The summed E-state index contributed by atoms with van der Waals surface area (Å²) < 4.78 is 13.5. The van der Waals surface area contributed by atoms with Crippen molar-refractivity contribution in [2.75, 3.05) is 13.6 Å². The Morgan fingerprint density at radius 3 is 2.54 bits per heavy atom. The van der Waals surface area contributed by atoms with Gasteiger partial charge in [0.2, 0.25) is 5.91 Å². The first kappa shape index (κ1) is 18.2. The first-order valence-electron chi connectivity index (χ1n) is 7.09. The Kier molecular flexibility index (Phi) is 6.17. The van der Waals surface area contributed by atoms with Gasteiger partial charge in [0.25, 0.3) is 5.91 Å². The van der Waals surface area contributed by atoms with Crippen molar-refractivity contribution in [3.8, 4) is 0 Å². The molecule has 0 fully saturated rings. The molecule has 7 heteroatoms. The molecule has 0 aliphatic carbocycles. The first-order chi connectivity index (χ1) is 11.4. The standard InChI is InChI=1S/C17H15Cl2FN2O2/c1-22(10-11-6-7-12(18)8-14(11)19)16(23)9-21-17(24)13-4-2-3-5-15(13)20/h2-8H,9-10H2,1H3,(H,21,24). The van der Waals surface area contributed by atoms with E-state index in [0.29, 0.717) is 10.0 Å². The molecule has 0 aliphatic heterocycles. The molecule has 2 rings (SSSR count). The summed E-state index contributed by atoms with van der Waals surface area (Å²) in [7, 11) is 1.59. The van der Waals surface area contributed by atoms with E-state index in [2.05, 4.69) is 5.32 Å². The minimum Gasteiger partial charge on any atom is -0.343 e. The van der Waals surface area contributed by atoms with Crippen LogP contribution in [0.2, 0.25) is 10.0 Å². The molecule has 0 bridgehead atoms.